The molecule has 1 unspecified atom stereocenters. The first kappa shape index (κ1) is 15.7. The molecule has 0 spiro atoms. The van der Waals surface area contributed by atoms with Crippen molar-refractivity contribution in [2.24, 2.45) is 28.6 Å². The second kappa shape index (κ2) is 4.80. The van der Waals surface area contributed by atoms with Gasteiger partial charge in [-0.3, -0.25) is 0 Å². The van der Waals surface area contributed by atoms with Crippen molar-refractivity contribution in [3.05, 3.63) is 23.1 Å². The van der Waals surface area contributed by atoms with Crippen molar-refractivity contribution >= 4 is 6.08 Å². The third-order valence-corrected chi connectivity index (χ3v) is 8.67. The van der Waals surface area contributed by atoms with E-state index in [1.165, 1.54) is 12.0 Å². The molecule has 0 saturated heterocycles. The highest BCUT2D eigenvalue weighted by Gasteiger charge is 2.63. The van der Waals surface area contributed by atoms with E-state index in [0.29, 0.717) is 17.8 Å². The van der Waals surface area contributed by atoms with Gasteiger partial charge in [0, 0.05) is 11.0 Å². The Balaban J connectivity index is 1.53. The quantitative estimate of drug-likeness (QED) is 0.721. The normalized spacial score (nSPS) is 47.8. The average molecular weight is 337 g/mol. The van der Waals surface area contributed by atoms with Gasteiger partial charge in [0.2, 0.25) is 0 Å². The van der Waals surface area contributed by atoms with Gasteiger partial charge in [0.25, 0.3) is 0 Å². The molecule has 3 saturated carbocycles. The Bertz CT molecular complexity index is 801. The molecular formula is C22H27NO2. The smallest absolute Gasteiger partial charge is 0.162 e. The third-order valence-electron chi connectivity index (χ3n) is 8.67. The maximum atomic E-state index is 11.1. The Kier molecular flexibility index (Phi) is 3.01. The fourth-order valence-electron chi connectivity index (χ4n) is 7.14. The van der Waals surface area contributed by atoms with Crippen molar-refractivity contribution in [3.8, 4) is 12.3 Å². The zero-order valence-electron chi connectivity index (χ0n) is 15.2. The Morgan fingerprint density at radius 2 is 2.04 bits per heavy atom. The van der Waals surface area contributed by atoms with Crippen LogP contribution in [0.25, 0.3) is 6.08 Å². The number of aliphatic hydroxyl groups is 1. The average Bonchev–Trinajstić information content (AvgIpc) is 3.14. The Labute approximate surface area is 149 Å². The first-order chi connectivity index (χ1) is 11.9. The zero-order chi connectivity index (χ0) is 17.4. The number of rotatable bonds is 0. The second-order valence-corrected chi connectivity index (χ2v) is 9.39. The Hall–Kier alpha value is -1.53. The van der Waals surface area contributed by atoms with Gasteiger partial charge in [0.1, 0.15) is 5.60 Å². The van der Waals surface area contributed by atoms with Gasteiger partial charge in [-0.15, -0.1) is 6.42 Å². The fourth-order valence-corrected chi connectivity index (χ4v) is 7.14. The summed E-state index contributed by atoms with van der Waals surface area (Å²) in [5.74, 6) is 5.64. The molecule has 25 heavy (non-hydrogen) atoms. The zero-order valence-corrected chi connectivity index (χ0v) is 15.2. The molecule has 1 heterocycles. The highest BCUT2D eigenvalue weighted by atomic mass is 16.5. The molecule has 0 bridgehead atoms. The van der Waals surface area contributed by atoms with Gasteiger partial charge in [-0.1, -0.05) is 30.5 Å². The molecule has 5 rings (SSSR count). The van der Waals surface area contributed by atoms with Crippen LogP contribution in [0.15, 0.2) is 16.3 Å². The summed E-state index contributed by atoms with van der Waals surface area (Å²) in [5.41, 5.74) is 1.99. The van der Waals surface area contributed by atoms with E-state index in [4.69, 9.17) is 10.9 Å². The maximum Gasteiger partial charge on any atom is 0.162 e. The largest absolute Gasteiger partial charge is 0.377 e. The number of hydrogen-bond acceptors (Lipinski definition) is 3. The van der Waals surface area contributed by atoms with Crippen LogP contribution in [0.1, 0.15) is 63.7 Å². The first-order valence-electron chi connectivity index (χ1n) is 9.76. The molecule has 0 radical (unpaired) electrons. The lowest BCUT2D eigenvalue weighted by Gasteiger charge is -2.58. The van der Waals surface area contributed by atoms with Crippen molar-refractivity contribution in [1.29, 1.82) is 0 Å². The summed E-state index contributed by atoms with van der Waals surface area (Å²) < 4.78 is 5.43. The molecule has 3 fully saturated rings. The van der Waals surface area contributed by atoms with Gasteiger partial charge in [-0.2, -0.15) is 0 Å². The molecule has 1 aromatic heterocycles. The number of fused-ring (bicyclic) bond motifs is 6. The Morgan fingerprint density at radius 1 is 1.24 bits per heavy atom. The fraction of sp³-hybridized carbons (Fsp3) is 0.682. The van der Waals surface area contributed by atoms with Crippen molar-refractivity contribution in [2.45, 2.75) is 64.4 Å². The summed E-state index contributed by atoms with van der Waals surface area (Å²) in [5, 5.41) is 15.1. The molecule has 132 valence electrons. The van der Waals surface area contributed by atoms with Crippen molar-refractivity contribution in [1.82, 2.24) is 5.16 Å². The van der Waals surface area contributed by atoms with Gasteiger partial charge >= 0.3 is 0 Å². The van der Waals surface area contributed by atoms with Crippen molar-refractivity contribution in [2.75, 3.05) is 0 Å². The van der Waals surface area contributed by atoms with Gasteiger partial charge in [-0.25, -0.2) is 0 Å². The lowest BCUT2D eigenvalue weighted by molar-refractivity contribution is -0.0975. The van der Waals surface area contributed by atoms with Crippen LogP contribution in [0, 0.1) is 40.9 Å². The molecule has 3 nitrogen and oxygen atoms in total. The molecule has 0 aliphatic heterocycles. The van der Waals surface area contributed by atoms with Crippen LogP contribution >= 0.6 is 0 Å². The minimum absolute atomic E-state index is 0.114. The molecule has 4 aliphatic carbocycles. The SMILES string of the molecule is C#C[C@]1(O)CC[C@H]2C3CCC4=Cc5oncc5C[C@]4(C)[C@H]3CC[C@@]21C. The summed E-state index contributed by atoms with van der Waals surface area (Å²) in [6, 6.07) is 0. The number of terminal acetylenes is 1. The predicted octanol–water partition coefficient (Wildman–Crippen LogP) is 4.22. The highest BCUT2D eigenvalue weighted by molar-refractivity contribution is 5.57. The van der Waals surface area contributed by atoms with E-state index in [-0.39, 0.29) is 10.8 Å². The van der Waals surface area contributed by atoms with E-state index < -0.39 is 5.60 Å². The third kappa shape index (κ3) is 1.79. The standard InChI is InChI=1S/C22H27NO2/c1-4-22(24)10-8-18-16-6-5-15-11-19-14(13-23-25-19)12-20(15,2)17(16)7-9-21(18,22)3/h1,11,13,16-18,24H,5-10,12H2,2-3H3/t16?,17-,18-,20-,21-,22-/m0/s1. The van der Waals surface area contributed by atoms with E-state index >= 15 is 0 Å². The van der Waals surface area contributed by atoms with Crippen molar-refractivity contribution < 1.29 is 9.63 Å². The molecule has 0 aromatic carbocycles. The topological polar surface area (TPSA) is 46.3 Å². The van der Waals surface area contributed by atoms with Crippen LogP contribution in [0.3, 0.4) is 0 Å². The number of nitrogens with zero attached hydrogens (tertiary/aromatic N) is 1. The lowest BCUT2D eigenvalue weighted by atomic mass is 9.46. The van der Waals surface area contributed by atoms with E-state index in [2.05, 4.69) is 31.0 Å². The molecule has 3 heteroatoms. The first-order valence-corrected chi connectivity index (χ1v) is 9.76. The van der Waals surface area contributed by atoms with E-state index in [1.807, 2.05) is 6.20 Å². The van der Waals surface area contributed by atoms with Crippen LogP contribution < -0.4 is 0 Å². The van der Waals surface area contributed by atoms with Crippen LogP contribution in [0.5, 0.6) is 0 Å². The van der Waals surface area contributed by atoms with Gasteiger partial charge in [0.15, 0.2) is 5.76 Å². The predicted molar refractivity (Wildman–Crippen MR) is 96.4 cm³/mol. The maximum absolute atomic E-state index is 11.1. The molecule has 1 N–H and O–H groups in total. The number of allylic oxidation sites excluding steroid dienone is 1. The summed E-state index contributed by atoms with van der Waals surface area (Å²) >= 11 is 0. The molecule has 0 amide bonds. The Morgan fingerprint density at radius 3 is 2.84 bits per heavy atom. The lowest BCUT2D eigenvalue weighted by Crippen LogP contribution is -2.54. The van der Waals surface area contributed by atoms with Crippen LogP contribution in [-0.4, -0.2) is 15.9 Å². The molecule has 1 aromatic rings. The number of aromatic nitrogens is 1. The summed E-state index contributed by atoms with van der Waals surface area (Å²) in [4.78, 5) is 0. The van der Waals surface area contributed by atoms with E-state index in [1.54, 1.807) is 5.57 Å². The van der Waals surface area contributed by atoms with E-state index in [9.17, 15) is 5.11 Å². The van der Waals surface area contributed by atoms with Gasteiger partial charge in [0.05, 0.1) is 6.20 Å². The second-order valence-electron chi connectivity index (χ2n) is 9.39. The minimum atomic E-state index is -0.909. The van der Waals surface area contributed by atoms with Crippen LogP contribution in [-0.2, 0) is 6.42 Å². The monoisotopic (exact) mass is 337 g/mol. The van der Waals surface area contributed by atoms with E-state index in [0.717, 1.165) is 44.3 Å². The van der Waals surface area contributed by atoms with Gasteiger partial charge < -0.3 is 9.63 Å². The molecular weight excluding hydrogens is 310 g/mol. The van der Waals surface area contributed by atoms with Gasteiger partial charge in [-0.05, 0) is 74.2 Å². The van der Waals surface area contributed by atoms with Crippen LogP contribution in [0.4, 0.5) is 0 Å². The number of hydrogen-bond donors (Lipinski definition) is 1. The molecule has 4 aliphatic rings. The van der Waals surface area contributed by atoms with Crippen molar-refractivity contribution in [3.63, 3.8) is 0 Å². The minimum Gasteiger partial charge on any atom is -0.377 e. The van der Waals surface area contributed by atoms with Crippen LogP contribution in [0.2, 0.25) is 0 Å². The summed E-state index contributed by atoms with van der Waals surface area (Å²) in [7, 11) is 0. The summed E-state index contributed by atoms with van der Waals surface area (Å²) in [6.07, 6.45) is 17.4. The molecule has 6 atom stereocenters. The summed E-state index contributed by atoms with van der Waals surface area (Å²) in [6.45, 7) is 4.71. The highest BCUT2D eigenvalue weighted by Crippen LogP contribution is 2.67.